The van der Waals surface area contributed by atoms with Crippen LogP contribution in [0.2, 0.25) is 0 Å². The van der Waals surface area contributed by atoms with Gasteiger partial charge in [0.05, 0.1) is 6.61 Å². The Morgan fingerprint density at radius 3 is 2.92 bits per heavy atom. The number of carbonyl (C=O) groups is 1. The molecular formula is C9H17NO2S. The number of nitrogens with two attached hydrogens (primary N) is 1. The standard InChI is InChI=1S/C9H17NO2S/c1-13-5-4-8(10)9(11)12-6-7-2-3-7/h7-8H,2-6,10H2,1H3/t8-/m1/s1. The fraction of sp³-hybridized carbons (Fsp3) is 0.889. The zero-order valence-corrected chi connectivity index (χ0v) is 8.81. The Morgan fingerprint density at radius 2 is 2.38 bits per heavy atom. The summed E-state index contributed by atoms with van der Waals surface area (Å²) in [6.45, 7) is 0.575. The summed E-state index contributed by atoms with van der Waals surface area (Å²) in [5.41, 5.74) is 5.62. The quantitative estimate of drug-likeness (QED) is 0.655. The molecule has 0 bridgehead atoms. The first-order chi connectivity index (χ1) is 6.24. The lowest BCUT2D eigenvalue weighted by Gasteiger charge is -2.09. The molecule has 1 saturated carbocycles. The minimum Gasteiger partial charge on any atom is -0.464 e. The van der Waals surface area contributed by atoms with Gasteiger partial charge >= 0.3 is 5.97 Å². The lowest BCUT2D eigenvalue weighted by Crippen LogP contribution is -2.33. The number of hydrogen-bond acceptors (Lipinski definition) is 4. The lowest BCUT2D eigenvalue weighted by molar-refractivity contribution is -0.145. The highest BCUT2D eigenvalue weighted by molar-refractivity contribution is 7.98. The van der Waals surface area contributed by atoms with Crippen molar-refractivity contribution in [1.82, 2.24) is 0 Å². The molecule has 1 aliphatic carbocycles. The number of rotatable bonds is 6. The van der Waals surface area contributed by atoms with Gasteiger partial charge in [-0.25, -0.2) is 0 Å². The van der Waals surface area contributed by atoms with Crippen LogP contribution in [0.1, 0.15) is 19.3 Å². The van der Waals surface area contributed by atoms with Crippen LogP contribution in [0.4, 0.5) is 0 Å². The maximum absolute atomic E-state index is 11.2. The Kier molecular flexibility index (Phi) is 4.59. The third kappa shape index (κ3) is 4.52. The summed E-state index contributed by atoms with van der Waals surface area (Å²) in [7, 11) is 0. The van der Waals surface area contributed by atoms with Gasteiger partial charge in [-0.1, -0.05) is 0 Å². The molecule has 76 valence electrons. The average molecular weight is 203 g/mol. The summed E-state index contributed by atoms with van der Waals surface area (Å²) in [5.74, 6) is 1.30. The second-order valence-corrected chi connectivity index (χ2v) is 4.45. The Hall–Kier alpha value is -0.220. The molecule has 1 aliphatic rings. The molecular weight excluding hydrogens is 186 g/mol. The molecule has 0 spiro atoms. The minimum atomic E-state index is -0.425. The van der Waals surface area contributed by atoms with E-state index in [1.807, 2.05) is 6.26 Å². The molecule has 0 aliphatic heterocycles. The highest BCUT2D eigenvalue weighted by atomic mass is 32.2. The molecule has 0 radical (unpaired) electrons. The van der Waals surface area contributed by atoms with Gasteiger partial charge in [0.2, 0.25) is 0 Å². The van der Waals surface area contributed by atoms with Crippen molar-refractivity contribution >= 4 is 17.7 Å². The van der Waals surface area contributed by atoms with Crippen LogP contribution >= 0.6 is 11.8 Å². The first-order valence-corrected chi connectivity index (χ1v) is 6.04. The second kappa shape index (κ2) is 5.50. The van der Waals surface area contributed by atoms with Crippen molar-refractivity contribution in [3.63, 3.8) is 0 Å². The Bertz CT molecular complexity index is 171. The van der Waals surface area contributed by atoms with Crippen LogP contribution in [0, 0.1) is 5.92 Å². The first-order valence-electron chi connectivity index (χ1n) is 4.65. The molecule has 0 aromatic rings. The van der Waals surface area contributed by atoms with Crippen molar-refractivity contribution in [3.8, 4) is 0 Å². The number of esters is 1. The van der Waals surface area contributed by atoms with Gasteiger partial charge in [-0.15, -0.1) is 0 Å². The Labute approximate surface area is 83.4 Å². The predicted octanol–water partition coefficient (Wildman–Crippen LogP) is 1.02. The molecule has 13 heavy (non-hydrogen) atoms. The monoisotopic (exact) mass is 203 g/mol. The van der Waals surface area contributed by atoms with Gasteiger partial charge in [-0.2, -0.15) is 11.8 Å². The third-order valence-corrected chi connectivity index (χ3v) is 2.74. The fourth-order valence-corrected chi connectivity index (χ4v) is 1.44. The van der Waals surface area contributed by atoms with Crippen LogP contribution in [-0.2, 0) is 9.53 Å². The number of carbonyl (C=O) groups excluding carboxylic acids is 1. The largest absolute Gasteiger partial charge is 0.464 e. The van der Waals surface area contributed by atoms with Crippen LogP contribution in [0.3, 0.4) is 0 Å². The van der Waals surface area contributed by atoms with E-state index in [0.29, 0.717) is 18.9 Å². The van der Waals surface area contributed by atoms with Crippen LogP contribution in [-0.4, -0.2) is 30.6 Å². The van der Waals surface area contributed by atoms with Crippen molar-refractivity contribution < 1.29 is 9.53 Å². The van der Waals surface area contributed by atoms with Gasteiger partial charge in [0, 0.05) is 0 Å². The van der Waals surface area contributed by atoms with E-state index in [0.717, 1.165) is 5.75 Å². The van der Waals surface area contributed by atoms with Gasteiger partial charge in [-0.05, 0) is 37.2 Å². The summed E-state index contributed by atoms with van der Waals surface area (Å²) in [4.78, 5) is 11.2. The van der Waals surface area contributed by atoms with E-state index in [1.165, 1.54) is 12.8 Å². The summed E-state index contributed by atoms with van der Waals surface area (Å²) >= 11 is 1.70. The molecule has 1 rings (SSSR count). The van der Waals surface area contributed by atoms with Crippen LogP contribution in [0.25, 0.3) is 0 Å². The van der Waals surface area contributed by atoms with E-state index < -0.39 is 6.04 Å². The van der Waals surface area contributed by atoms with Gasteiger partial charge in [0.15, 0.2) is 0 Å². The highest BCUT2D eigenvalue weighted by Crippen LogP contribution is 2.28. The number of ether oxygens (including phenoxy) is 1. The van der Waals surface area contributed by atoms with Crippen molar-refractivity contribution in [2.45, 2.75) is 25.3 Å². The van der Waals surface area contributed by atoms with Gasteiger partial charge in [0.1, 0.15) is 6.04 Å². The Morgan fingerprint density at radius 1 is 1.69 bits per heavy atom. The zero-order chi connectivity index (χ0) is 9.68. The Balaban J connectivity index is 2.05. The molecule has 0 aromatic carbocycles. The molecule has 3 nitrogen and oxygen atoms in total. The number of thioether (sulfide) groups is 1. The normalized spacial score (nSPS) is 18.3. The van der Waals surface area contributed by atoms with Crippen molar-refractivity contribution in [2.75, 3.05) is 18.6 Å². The van der Waals surface area contributed by atoms with Gasteiger partial charge in [0.25, 0.3) is 0 Å². The average Bonchev–Trinajstić information content (AvgIpc) is 2.93. The predicted molar refractivity (Wildman–Crippen MR) is 54.7 cm³/mol. The summed E-state index contributed by atoms with van der Waals surface area (Å²) in [5, 5.41) is 0. The van der Waals surface area contributed by atoms with E-state index >= 15 is 0 Å². The van der Waals surface area contributed by atoms with Crippen LogP contribution < -0.4 is 5.73 Å². The topological polar surface area (TPSA) is 52.3 Å². The van der Waals surface area contributed by atoms with Crippen LogP contribution in [0.5, 0.6) is 0 Å². The van der Waals surface area contributed by atoms with E-state index in [2.05, 4.69) is 0 Å². The lowest BCUT2D eigenvalue weighted by atomic mass is 10.2. The van der Waals surface area contributed by atoms with Crippen molar-refractivity contribution in [1.29, 1.82) is 0 Å². The van der Waals surface area contributed by atoms with Gasteiger partial charge < -0.3 is 10.5 Å². The summed E-state index contributed by atoms with van der Waals surface area (Å²) < 4.78 is 5.05. The summed E-state index contributed by atoms with van der Waals surface area (Å²) in [6.07, 6.45) is 5.12. The molecule has 0 aromatic heterocycles. The van der Waals surface area contributed by atoms with Crippen LogP contribution in [0.15, 0.2) is 0 Å². The van der Waals surface area contributed by atoms with E-state index in [4.69, 9.17) is 10.5 Å². The maximum atomic E-state index is 11.2. The molecule has 0 saturated heterocycles. The molecule has 0 amide bonds. The molecule has 1 fully saturated rings. The second-order valence-electron chi connectivity index (χ2n) is 3.46. The molecule has 2 N–H and O–H groups in total. The van der Waals surface area contributed by atoms with Crippen molar-refractivity contribution in [3.05, 3.63) is 0 Å². The van der Waals surface area contributed by atoms with E-state index in [1.54, 1.807) is 11.8 Å². The first kappa shape index (κ1) is 10.9. The third-order valence-electron chi connectivity index (χ3n) is 2.09. The molecule has 0 unspecified atom stereocenters. The fourth-order valence-electron chi connectivity index (χ4n) is 0.954. The highest BCUT2D eigenvalue weighted by Gasteiger charge is 2.24. The van der Waals surface area contributed by atoms with Crippen molar-refractivity contribution in [2.24, 2.45) is 11.7 Å². The molecule has 0 heterocycles. The molecule has 4 heteroatoms. The molecule has 1 atom stereocenters. The summed E-state index contributed by atoms with van der Waals surface area (Å²) in [6, 6.07) is -0.425. The zero-order valence-electron chi connectivity index (χ0n) is 7.99. The minimum absolute atomic E-state index is 0.235. The van der Waals surface area contributed by atoms with Gasteiger partial charge in [-0.3, -0.25) is 4.79 Å². The maximum Gasteiger partial charge on any atom is 0.322 e. The van der Waals surface area contributed by atoms with E-state index in [9.17, 15) is 4.79 Å². The SMILES string of the molecule is CSCC[C@@H](N)C(=O)OCC1CC1. The number of hydrogen-bond donors (Lipinski definition) is 1. The van der Waals surface area contributed by atoms with E-state index in [-0.39, 0.29) is 5.97 Å². The smallest absolute Gasteiger partial charge is 0.322 e.